The van der Waals surface area contributed by atoms with Crippen LogP contribution in [0.4, 0.5) is 8.78 Å². The number of piperidine rings is 1. The Balaban J connectivity index is 1.41. The van der Waals surface area contributed by atoms with Crippen molar-refractivity contribution in [3.05, 3.63) is 30.3 Å². The summed E-state index contributed by atoms with van der Waals surface area (Å²) in [6, 6.07) is 10.8. The summed E-state index contributed by atoms with van der Waals surface area (Å²) in [5, 5.41) is 6.93. The number of hydrogen-bond donors (Lipinski definition) is 2. The number of hydrogen-bond acceptors (Lipinski definition) is 3. The molecule has 1 aliphatic heterocycles. The molecule has 1 saturated carbocycles. The van der Waals surface area contributed by atoms with Crippen molar-refractivity contribution < 1.29 is 8.78 Å². The predicted molar refractivity (Wildman–Crippen MR) is 104 cm³/mol. The average molecular weight is 383 g/mol. The molecule has 1 saturated heterocycles. The molecule has 0 amide bonds. The van der Waals surface area contributed by atoms with Crippen LogP contribution in [-0.2, 0) is 0 Å². The highest BCUT2D eigenvalue weighted by atomic mass is 32.2. The van der Waals surface area contributed by atoms with E-state index in [1.807, 2.05) is 22.7 Å². The normalized spacial score (nSPS) is 21.0. The first-order valence-electron chi connectivity index (χ1n) is 9.30. The third-order valence-corrected chi connectivity index (χ3v) is 6.50. The maximum atomic E-state index is 12.5. The lowest BCUT2D eigenvalue weighted by atomic mass is 10.1. The van der Waals surface area contributed by atoms with Gasteiger partial charge in [0.2, 0.25) is 0 Å². The van der Waals surface area contributed by atoms with Crippen LogP contribution in [0.5, 0.6) is 0 Å². The summed E-state index contributed by atoms with van der Waals surface area (Å²) in [6.45, 7) is 2.20. The van der Waals surface area contributed by atoms with Crippen LogP contribution < -0.4 is 10.6 Å². The minimum absolute atomic E-state index is 0.112. The summed E-state index contributed by atoms with van der Waals surface area (Å²) in [5.74, 6) is 0.817. The van der Waals surface area contributed by atoms with Gasteiger partial charge in [-0.25, -0.2) is 8.78 Å². The van der Waals surface area contributed by atoms with Gasteiger partial charge >= 0.3 is 0 Å². The molecule has 0 bridgehead atoms. The zero-order valence-electron chi connectivity index (χ0n) is 15.3. The van der Waals surface area contributed by atoms with Gasteiger partial charge < -0.3 is 10.6 Å². The molecule has 1 aromatic rings. The van der Waals surface area contributed by atoms with Crippen molar-refractivity contribution in [3.8, 4) is 0 Å². The van der Waals surface area contributed by atoms with E-state index in [-0.39, 0.29) is 11.3 Å². The topological polar surface area (TPSA) is 39.7 Å². The van der Waals surface area contributed by atoms with E-state index >= 15 is 0 Å². The molecule has 0 spiro atoms. The standard InChI is InChI=1S/C19H28F2N4S/c1-22-18(24-15-7-11-25(12-8-15)13-17(20)21)23-14-19(9-10-19)26-16-5-3-2-4-6-16/h2-6,15,17H,7-14H2,1H3,(H2,22,23,24). The van der Waals surface area contributed by atoms with Crippen molar-refractivity contribution in [2.75, 3.05) is 33.2 Å². The number of guanidine groups is 1. The van der Waals surface area contributed by atoms with Crippen molar-refractivity contribution in [3.63, 3.8) is 0 Å². The van der Waals surface area contributed by atoms with Crippen LogP contribution in [-0.4, -0.2) is 61.3 Å². The molecule has 1 aliphatic carbocycles. The number of nitrogens with zero attached hydrogens (tertiary/aromatic N) is 2. The Morgan fingerprint density at radius 1 is 1.27 bits per heavy atom. The molecule has 1 heterocycles. The summed E-state index contributed by atoms with van der Waals surface area (Å²) >= 11 is 1.94. The molecular formula is C19H28F2N4S. The SMILES string of the molecule is CN=C(NCC1(Sc2ccccc2)CC1)NC1CCN(CC(F)F)CC1. The van der Waals surface area contributed by atoms with Crippen LogP contribution >= 0.6 is 11.8 Å². The zero-order valence-corrected chi connectivity index (χ0v) is 16.1. The Morgan fingerprint density at radius 2 is 1.96 bits per heavy atom. The Labute approximate surface area is 158 Å². The fourth-order valence-electron chi connectivity index (χ4n) is 3.28. The zero-order chi connectivity index (χ0) is 18.4. The van der Waals surface area contributed by atoms with Gasteiger partial charge in [0.25, 0.3) is 6.43 Å². The second-order valence-corrected chi connectivity index (χ2v) is 8.68. The lowest BCUT2D eigenvalue weighted by Gasteiger charge is -2.33. The Hall–Kier alpha value is -1.34. The van der Waals surface area contributed by atoms with Crippen molar-refractivity contribution in [1.29, 1.82) is 0 Å². The maximum absolute atomic E-state index is 12.5. The van der Waals surface area contributed by atoms with Crippen LogP contribution in [0.1, 0.15) is 25.7 Å². The minimum atomic E-state index is -2.24. The molecule has 2 N–H and O–H groups in total. The van der Waals surface area contributed by atoms with Gasteiger partial charge in [0.15, 0.2) is 5.96 Å². The fourth-order valence-corrected chi connectivity index (χ4v) is 4.52. The smallest absolute Gasteiger partial charge is 0.251 e. The quantitative estimate of drug-likeness (QED) is 0.561. The third-order valence-electron chi connectivity index (χ3n) is 5.01. The van der Waals surface area contributed by atoms with Gasteiger partial charge in [-0.3, -0.25) is 9.89 Å². The summed E-state index contributed by atoms with van der Waals surface area (Å²) in [6.07, 6.45) is 1.92. The van der Waals surface area contributed by atoms with Crippen molar-refractivity contribution in [2.45, 2.75) is 47.8 Å². The molecule has 4 nitrogen and oxygen atoms in total. The molecule has 7 heteroatoms. The number of halogens is 2. The summed E-state index contributed by atoms with van der Waals surface area (Å²) in [7, 11) is 1.78. The lowest BCUT2D eigenvalue weighted by molar-refractivity contribution is 0.0744. The van der Waals surface area contributed by atoms with Crippen LogP contribution in [0.15, 0.2) is 40.2 Å². The van der Waals surface area contributed by atoms with Crippen molar-refractivity contribution in [1.82, 2.24) is 15.5 Å². The molecule has 0 unspecified atom stereocenters. The van der Waals surface area contributed by atoms with Gasteiger partial charge in [0.1, 0.15) is 0 Å². The first kappa shape index (κ1) is 19.4. The number of benzene rings is 1. The van der Waals surface area contributed by atoms with Gasteiger partial charge in [-0.15, -0.1) is 11.8 Å². The highest BCUT2D eigenvalue weighted by molar-refractivity contribution is 8.01. The Kier molecular flexibility index (Phi) is 6.75. The molecule has 26 heavy (non-hydrogen) atoms. The van der Waals surface area contributed by atoms with E-state index in [4.69, 9.17) is 0 Å². The first-order valence-corrected chi connectivity index (χ1v) is 10.1. The van der Waals surface area contributed by atoms with Crippen LogP contribution in [0.25, 0.3) is 0 Å². The van der Waals surface area contributed by atoms with Crippen LogP contribution in [0.2, 0.25) is 0 Å². The van der Waals surface area contributed by atoms with Gasteiger partial charge in [0, 0.05) is 42.4 Å². The first-order chi connectivity index (χ1) is 12.6. The van der Waals surface area contributed by atoms with Crippen molar-refractivity contribution in [2.24, 2.45) is 4.99 Å². The maximum Gasteiger partial charge on any atom is 0.251 e. The Bertz CT molecular complexity index is 584. The average Bonchev–Trinajstić information content (AvgIpc) is 3.40. The molecule has 0 radical (unpaired) electrons. The minimum Gasteiger partial charge on any atom is -0.355 e. The number of likely N-dealkylation sites (tertiary alicyclic amines) is 1. The molecule has 3 rings (SSSR count). The molecule has 2 fully saturated rings. The van der Waals surface area contributed by atoms with Gasteiger partial charge in [-0.1, -0.05) is 18.2 Å². The second kappa shape index (κ2) is 9.04. The van der Waals surface area contributed by atoms with E-state index in [1.54, 1.807) is 7.05 Å². The molecule has 0 aromatic heterocycles. The number of nitrogens with one attached hydrogen (secondary N) is 2. The molecular weight excluding hydrogens is 354 g/mol. The van der Waals surface area contributed by atoms with Crippen LogP contribution in [0, 0.1) is 0 Å². The largest absolute Gasteiger partial charge is 0.355 e. The van der Waals surface area contributed by atoms with Gasteiger partial charge in [0.05, 0.1) is 6.54 Å². The van der Waals surface area contributed by atoms with E-state index in [9.17, 15) is 8.78 Å². The summed E-state index contributed by atoms with van der Waals surface area (Å²) in [5.41, 5.74) is 0. The fraction of sp³-hybridized carbons (Fsp3) is 0.632. The second-order valence-electron chi connectivity index (χ2n) is 7.13. The van der Waals surface area contributed by atoms with Crippen LogP contribution in [0.3, 0.4) is 0 Å². The van der Waals surface area contributed by atoms with Gasteiger partial charge in [-0.2, -0.15) is 0 Å². The van der Waals surface area contributed by atoms with E-state index in [0.29, 0.717) is 19.1 Å². The predicted octanol–water partition coefficient (Wildman–Crippen LogP) is 3.21. The van der Waals surface area contributed by atoms with E-state index < -0.39 is 6.43 Å². The number of aliphatic imine (C=N–C) groups is 1. The van der Waals surface area contributed by atoms with E-state index in [2.05, 4.69) is 39.9 Å². The highest BCUT2D eigenvalue weighted by Gasteiger charge is 2.43. The third kappa shape index (κ3) is 5.84. The van der Waals surface area contributed by atoms with Crippen molar-refractivity contribution >= 4 is 17.7 Å². The van der Waals surface area contributed by atoms with E-state index in [0.717, 1.165) is 25.3 Å². The number of alkyl halides is 2. The van der Waals surface area contributed by atoms with Gasteiger partial charge in [-0.05, 0) is 37.8 Å². The highest BCUT2D eigenvalue weighted by Crippen LogP contribution is 2.51. The monoisotopic (exact) mass is 382 g/mol. The summed E-state index contributed by atoms with van der Waals surface area (Å²) < 4.78 is 25.2. The number of rotatable bonds is 7. The lowest BCUT2D eigenvalue weighted by Crippen LogP contribution is -2.50. The molecule has 144 valence electrons. The molecule has 1 aromatic carbocycles. The molecule has 2 aliphatic rings. The molecule has 0 atom stereocenters. The van der Waals surface area contributed by atoms with E-state index in [1.165, 1.54) is 17.7 Å². The summed E-state index contributed by atoms with van der Waals surface area (Å²) in [4.78, 5) is 7.49. The number of thioether (sulfide) groups is 1. The Morgan fingerprint density at radius 3 is 2.54 bits per heavy atom.